The molecule has 0 bridgehead atoms. The number of hydrogen-bond donors (Lipinski definition) is 8. The zero-order valence-corrected chi connectivity index (χ0v) is 25.1. The van der Waals surface area contributed by atoms with Gasteiger partial charge in [-0.1, -0.05) is 44.2 Å². The van der Waals surface area contributed by atoms with Gasteiger partial charge in [0, 0.05) is 48.3 Å². The molecule has 0 aliphatic carbocycles. The Balaban J connectivity index is 1.55. The molecule has 13 nitrogen and oxygen atoms in total. The van der Waals surface area contributed by atoms with Gasteiger partial charge in [-0.3, -0.25) is 14.4 Å². The topological polar surface area (TPSA) is 215 Å². The fourth-order valence-corrected chi connectivity index (χ4v) is 5.06. The smallest absolute Gasteiger partial charge is 0.326 e. The van der Waals surface area contributed by atoms with E-state index in [1.54, 1.807) is 18.3 Å². The molecule has 4 aromatic rings. The van der Waals surface area contributed by atoms with Crippen LogP contribution >= 0.6 is 0 Å². The third kappa shape index (κ3) is 9.16. The average Bonchev–Trinajstić information content (AvgIpc) is 3.66. The predicted octanol–water partition coefficient (Wildman–Crippen LogP) is 1.54. The van der Waals surface area contributed by atoms with E-state index in [0.29, 0.717) is 23.2 Å². The molecule has 0 radical (unpaired) electrons. The van der Waals surface area contributed by atoms with Crippen LogP contribution in [0.4, 0.5) is 0 Å². The second-order valence-corrected chi connectivity index (χ2v) is 11.5. The van der Waals surface area contributed by atoms with Crippen molar-refractivity contribution < 1.29 is 29.4 Å². The van der Waals surface area contributed by atoms with E-state index in [9.17, 15) is 29.4 Å². The third-order valence-electron chi connectivity index (χ3n) is 7.40. The van der Waals surface area contributed by atoms with Crippen molar-refractivity contribution in [3.05, 3.63) is 84.1 Å². The van der Waals surface area contributed by atoms with Gasteiger partial charge in [-0.15, -0.1) is 0 Å². The van der Waals surface area contributed by atoms with Gasteiger partial charge in [0.05, 0.1) is 12.4 Å². The SMILES string of the molecule is CC(C)CC(N)C(=O)NC(Cc1ccc(O)cc1)C(=O)NC(Cc1cnc[nH]1)C(=O)NC(Cc1c[nH]c2ccccc12)C(=O)O. The van der Waals surface area contributed by atoms with Gasteiger partial charge in [0.2, 0.25) is 17.7 Å². The minimum atomic E-state index is -1.29. The van der Waals surface area contributed by atoms with Crippen LogP contribution in [0, 0.1) is 5.92 Å². The number of amides is 3. The quantitative estimate of drug-likeness (QED) is 0.0977. The number of carboxylic acids is 1. The number of carboxylic acid groups (broad SMARTS) is 1. The van der Waals surface area contributed by atoms with E-state index in [1.807, 2.05) is 38.1 Å². The summed E-state index contributed by atoms with van der Waals surface area (Å²) in [6, 6.07) is 9.10. The molecule has 0 spiro atoms. The van der Waals surface area contributed by atoms with Crippen LogP contribution in [0.25, 0.3) is 10.9 Å². The van der Waals surface area contributed by atoms with Gasteiger partial charge in [-0.25, -0.2) is 9.78 Å². The summed E-state index contributed by atoms with van der Waals surface area (Å²) in [5.41, 5.74) is 8.80. The number of phenols is 1. The summed E-state index contributed by atoms with van der Waals surface area (Å²) in [7, 11) is 0. The van der Waals surface area contributed by atoms with E-state index < -0.39 is 47.9 Å². The average molecular weight is 618 g/mol. The Morgan fingerprint density at radius 2 is 1.49 bits per heavy atom. The molecule has 4 atom stereocenters. The van der Waals surface area contributed by atoms with Gasteiger partial charge >= 0.3 is 5.97 Å². The largest absolute Gasteiger partial charge is 0.508 e. The number of aromatic hydroxyl groups is 1. The van der Waals surface area contributed by atoms with Gasteiger partial charge in [0.1, 0.15) is 23.9 Å². The standard InChI is InChI=1S/C32H39N7O6/c1-18(2)11-24(33)29(41)37-26(12-19-7-9-22(40)10-8-19)30(42)38-27(14-21-16-34-17-36-21)31(43)39-28(32(44)45)13-20-15-35-25-6-4-3-5-23(20)25/h3-10,15-18,24,26-28,35,40H,11-14,33H2,1-2H3,(H,34,36)(H,37,41)(H,38,42)(H,39,43)(H,44,45). The lowest BCUT2D eigenvalue weighted by Gasteiger charge is -2.25. The van der Waals surface area contributed by atoms with Gasteiger partial charge < -0.3 is 41.9 Å². The van der Waals surface area contributed by atoms with E-state index in [-0.39, 0.29) is 30.9 Å². The first-order valence-corrected chi connectivity index (χ1v) is 14.7. The number of fused-ring (bicyclic) bond motifs is 1. The second-order valence-electron chi connectivity index (χ2n) is 11.5. The molecule has 45 heavy (non-hydrogen) atoms. The Morgan fingerprint density at radius 1 is 0.844 bits per heavy atom. The number of aliphatic carboxylic acids is 1. The molecular formula is C32H39N7O6. The number of nitrogens with zero attached hydrogens (tertiary/aromatic N) is 1. The van der Waals surface area contributed by atoms with Crippen molar-refractivity contribution in [3.8, 4) is 5.75 Å². The van der Waals surface area contributed by atoms with Crippen molar-refractivity contribution in [2.45, 2.75) is 63.7 Å². The number of para-hydroxylation sites is 1. The van der Waals surface area contributed by atoms with Crippen LogP contribution < -0.4 is 21.7 Å². The summed E-state index contributed by atoms with van der Waals surface area (Å²) in [5.74, 6) is -2.98. The maximum atomic E-state index is 13.7. The molecule has 2 aromatic heterocycles. The van der Waals surface area contributed by atoms with Gasteiger partial charge in [-0.2, -0.15) is 0 Å². The molecule has 4 unspecified atom stereocenters. The first kappa shape index (κ1) is 32.7. The van der Waals surface area contributed by atoms with Crippen LogP contribution in [0.3, 0.4) is 0 Å². The lowest BCUT2D eigenvalue weighted by molar-refractivity contribution is -0.142. The first-order chi connectivity index (χ1) is 21.5. The molecule has 13 heteroatoms. The van der Waals surface area contributed by atoms with Gasteiger partial charge in [-0.05, 0) is 41.7 Å². The normalized spacial score (nSPS) is 14.0. The maximum Gasteiger partial charge on any atom is 0.326 e. The number of imidazole rings is 1. The summed E-state index contributed by atoms with van der Waals surface area (Å²) < 4.78 is 0. The number of phenolic OH excluding ortho intramolecular Hbond substituents is 1. The molecule has 0 fully saturated rings. The molecule has 9 N–H and O–H groups in total. The van der Waals surface area contributed by atoms with E-state index in [0.717, 1.165) is 10.9 Å². The Morgan fingerprint density at radius 3 is 2.13 bits per heavy atom. The Bertz CT molecular complexity index is 1600. The van der Waals surface area contributed by atoms with Crippen LogP contribution in [0.2, 0.25) is 0 Å². The minimum absolute atomic E-state index is 0.00306. The minimum Gasteiger partial charge on any atom is -0.508 e. The third-order valence-corrected chi connectivity index (χ3v) is 7.40. The molecule has 2 heterocycles. The number of nitrogens with two attached hydrogens (primary N) is 1. The number of aromatic amines is 2. The Hall–Kier alpha value is -5.17. The molecule has 238 valence electrons. The highest BCUT2D eigenvalue weighted by molar-refractivity contribution is 5.94. The molecule has 0 aliphatic heterocycles. The van der Waals surface area contributed by atoms with Gasteiger partial charge in [0.15, 0.2) is 0 Å². The number of carbonyl (C=O) groups excluding carboxylic acids is 3. The molecule has 3 amide bonds. The number of hydrogen-bond acceptors (Lipinski definition) is 7. The molecular weight excluding hydrogens is 578 g/mol. The van der Waals surface area contributed by atoms with Crippen LogP contribution in [0.15, 0.2) is 67.3 Å². The van der Waals surface area contributed by atoms with E-state index in [1.165, 1.54) is 24.7 Å². The van der Waals surface area contributed by atoms with Crippen LogP contribution in [0.5, 0.6) is 5.75 Å². The van der Waals surface area contributed by atoms with Crippen molar-refractivity contribution in [2.75, 3.05) is 0 Å². The molecule has 4 rings (SSSR count). The summed E-state index contributed by atoms with van der Waals surface area (Å²) in [6.45, 7) is 3.85. The lowest BCUT2D eigenvalue weighted by atomic mass is 10.0. The highest BCUT2D eigenvalue weighted by Crippen LogP contribution is 2.19. The summed E-state index contributed by atoms with van der Waals surface area (Å²) in [5, 5.41) is 28.5. The van der Waals surface area contributed by atoms with Crippen molar-refractivity contribution in [2.24, 2.45) is 11.7 Å². The highest BCUT2D eigenvalue weighted by Gasteiger charge is 2.31. The number of benzene rings is 2. The molecule has 0 saturated heterocycles. The van der Waals surface area contributed by atoms with Crippen molar-refractivity contribution in [1.29, 1.82) is 0 Å². The molecule has 0 aliphatic rings. The van der Waals surface area contributed by atoms with Crippen molar-refractivity contribution in [3.63, 3.8) is 0 Å². The fraction of sp³-hybridized carbons (Fsp3) is 0.344. The number of H-pyrrole nitrogens is 2. The Kier molecular flexibility index (Phi) is 10.9. The van der Waals surface area contributed by atoms with Crippen LogP contribution in [-0.2, 0) is 38.4 Å². The van der Waals surface area contributed by atoms with Crippen LogP contribution in [-0.4, -0.2) is 73.0 Å². The highest BCUT2D eigenvalue weighted by atomic mass is 16.4. The Labute approximate surface area is 260 Å². The maximum absolute atomic E-state index is 13.7. The van der Waals surface area contributed by atoms with E-state index in [4.69, 9.17) is 5.73 Å². The molecule has 2 aromatic carbocycles. The van der Waals surface area contributed by atoms with E-state index in [2.05, 4.69) is 30.9 Å². The summed E-state index contributed by atoms with van der Waals surface area (Å²) in [6.07, 6.45) is 5.05. The fourth-order valence-electron chi connectivity index (χ4n) is 5.06. The van der Waals surface area contributed by atoms with Crippen molar-refractivity contribution in [1.82, 2.24) is 30.9 Å². The molecule has 0 saturated carbocycles. The number of nitrogens with one attached hydrogen (secondary N) is 5. The van der Waals surface area contributed by atoms with Crippen LogP contribution in [0.1, 0.15) is 37.1 Å². The predicted molar refractivity (Wildman–Crippen MR) is 167 cm³/mol. The lowest BCUT2D eigenvalue weighted by Crippen LogP contribution is -2.58. The van der Waals surface area contributed by atoms with Crippen molar-refractivity contribution >= 4 is 34.6 Å². The summed E-state index contributed by atoms with van der Waals surface area (Å²) in [4.78, 5) is 62.5. The summed E-state index contributed by atoms with van der Waals surface area (Å²) >= 11 is 0. The zero-order valence-electron chi connectivity index (χ0n) is 25.1. The first-order valence-electron chi connectivity index (χ1n) is 14.7. The number of aromatic nitrogens is 3. The number of rotatable bonds is 15. The number of carbonyl (C=O) groups is 4. The van der Waals surface area contributed by atoms with Gasteiger partial charge in [0.25, 0.3) is 0 Å². The monoisotopic (exact) mass is 617 g/mol. The second kappa shape index (κ2) is 15.0. The van der Waals surface area contributed by atoms with E-state index >= 15 is 0 Å². The zero-order chi connectivity index (χ0) is 32.5.